The molecular weight excluding hydrogens is 374 g/mol. The van der Waals surface area contributed by atoms with E-state index >= 15 is 0 Å². The molecule has 0 saturated heterocycles. The molecule has 0 atom stereocenters. The smallest absolute Gasteiger partial charge is 0.418 e. The van der Waals surface area contributed by atoms with Crippen molar-refractivity contribution >= 4 is 14.5 Å². The van der Waals surface area contributed by atoms with Gasteiger partial charge in [-0.25, -0.2) is 18.3 Å². The van der Waals surface area contributed by atoms with Gasteiger partial charge in [-0.3, -0.25) is 0 Å². The molecule has 2 aromatic heterocycles. The summed E-state index contributed by atoms with van der Waals surface area (Å²) in [6, 6.07) is 0. The van der Waals surface area contributed by atoms with Crippen LogP contribution in [0.1, 0.15) is 13.8 Å². The first-order valence-electron chi connectivity index (χ1n) is 7.42. The van der Waals surface area contributed by atoms with Gasteiger partial charge in [-0.05, 0) is 13.8 Å². The van der Waals surface area contributed by atoms with Crippen molar-refractivity contribution in [2.24, 2.45) is 14.1 Å². The monoisotopic (exact) mass is 396 g/mol. The lowest BCUT2D eigenvalue weighted by atomic mass is 10.3. The number of nitrogens with zero attached hydrogens (tertiary/aromatic N) is 4. The molecule has 0 N–H and O–H groups in total. The highest BCUT2D eigenvalue weighted by molar-refractivity contribution is 6.50. The van der Waals surface area contributed by atoms with Crippen LogP contribution in [0, 0.1) is 0 Å². The Morgan fingerprint density at radius 2 is 0.885 bits per heavy atom. The topological polar surface area (TPSA) is 17.6 Å². The summed E-state index contributed by atoms with van der Waals surface area (Å²) in [5, 5.41) is 0. The lowest BCUT2D eigenvalue weighted by Gasteiger charge is -1.94. The summed E-state index contributed by atoms with van der Waals surface area (Å²) >= 11 is 0. The Labute approximate surface area is 146 Å². The highest BCUT2D eigenvalue weighted by Gasteiger charge is 2.21. The number of halogens is 8. The van der Waals surface area contributed by atoms with Crippen LogP contribution in [0.2, 0.25) is 0 Å². The van der Waals surface area contributed by atoms with Crippen molar-refractivity contribution in [2.75, 3.05) is 0 Å². The second-order valence-electron chi connectivity index (χ2n) is 4.81. The molecule has 0 unspecified atom stereocenters. The SMILES string of the molecule is CCn1cc[n+](C)c1.CCn1cc[n+](C)c1.F[B-](F)(F)F.F[B-](F)(F)F. The first kappa shape index (κ1) is 26.2. The first-order valence-corrected chi connectivity index (χ1v) is 7.42. The summed E-state index contributed by atoms with van der Waals surface area (Å²) < 4.78 is 86.3. The maximum absolute atomic E-state index is 9.75. The van der Waals surface area contributed by atoms with E-state index in [9.17, 15) is 34.5 Å². The van der Waals surface area contributed by atoms with Crippen LogP contribution >= 0.6 is 0 Å². The number of hydrogen-bond donors (Lipinski definition) is 0. The fourth-order valence-corrected chi connectivity index (χ4v) is 1.38. The van der Waals surface area contributed by atoms with Gasteiger partial charge in [0.05, 0.1) is 27.2 Å². The minimum atomic E-state index is -6.00. The fraction of sp³-hybridized carbons (Fsp3) is 0.500. The van der Waals surface area contributed by atoms with Crippen molar-refractivity contribution in [1.29, 1.82) is 0 Å². The van der Waals surface area contributed by atoms with Crippen LogP contribution in [-0.4, -0.2) is 23.6 Å². The van der Waals surface area contributed by atoms with Crippen LogP contribution in [0.5, 0.6) is 0 Å². The van der Waals surface area contributed by atoms with Gasteiger partial charge in [0.25, 0.3) is 0 Å². The molecule has 0 aliphatic carbocycles. The zero-order chi connectivity index (χ0) is 21.0. The fourth-order valence-electron chi connectivity index (χ4n) is 1.38. The Hall–Kier alpha value is -2.01. The summed E-state index contributed by atoms with van der Waals surface area (Å²) in [5.74, 6) is 0. The van der Waals surface area contributed by atoms with Gasteiger partial charge in [0.2, 0.25) is 12.7 Å². The van der Waals surface area contributed by atoms with Crippen LogP contribution in [0.4, 0.5) is 34.5 Å². The molecule has 26 heavy (non-hydrogen) atoms. The maximum Gasteiger partial charge on any atom is 0.673 e. The van der Waals surface area contributed by atoms with Crippen LogP contribution < -0.4 is 9.13 Å². The van der Waals surface area contributed by atoms with Crippen LogP contribution in [-0.2, 0) is 27.2 Å². The molecule has 0 radical (unpaired) electrons. The third-order valence-electron chi connectivity index (χ3n) is 2.38. The molecule has 2 aromatic rings. The van der Waals surface area contributed by atoms with E-state index in [1.54, 1.807) is 0 Å². The van der Waals surface area contributed by atoms with Crippen molar-refractivity contribution in [3.63, 3.8) is 0 Å². The minimum Gasteiger partial charge on any atom is -0.418 e. The molecule has 0 spiro atoms. The second-order valence-corrected chi connectivity index (χ2v) is 4.81. The molecule has 2 heterocycles. The van der Waals surface area contributed by atoms with E-state index < -0.39 is 14.5 Å². The Bertz CT molecular complexity index is 530. The van der Waals surface area contributed by atoms with Gasteiger partial charge in [0.15, 0.2) is 0 Å². The quantitative estimate of drug-likeness (QED) is 0.422. The molecule has 14 heteroatoms. The summed E-state index contributed by atoms with van der Waals surface area (Å²) in [6.45, 7) is 6.36. The number of imidazole rings is 2. The van der Waals surface area contributed by atoms with Crippen molar-refractivity contribution in [3.8, 4) is 0 Å². The van der Waals surface area contributed by atoms with Gasteiger partial charge < -0.3 is 34.5 Å². The van der Waals surface area contributed by atoms with Crippen LogP contribution in [0.25, 0.3) is 0 Å². The molecule has 4 nitrogen and oxygen atoms in total. The third kappa shape index (κ3) is 24.2. The normalized spacial score (nSPS) is 10.6. The highest BCUT2D eigenvalue weighted by atomic mass is 19.5. The van der Waals surface area contributed by atoms with Gasteiger partial charge >= 0.3 is 14.5 Å². The first-order chi connectivity index (χ1) is 11.7. The Balaban J connectivity index is 0. The largest absolute Gasteiger partial charge is 0.673 e. The molecule has 0 aliphatic rings. The Kier molecular flexibility index (Phi) is 12.5. The molecule has 0 aromatic carbocycles. The van der Waals surface area contributed by atoms with Crippen LogP contribution in [0.15, 0.2) is 37.4 Å². The zero-order valence-corrected chi connectivity index (χ0v) is 14.8. The average molecular weight is 396 g/mol. The van der Waals surface area contributed by atoms with Crippen molar-refractivity contribution < 1.29 is 43.7 Å². The lowest BCUT2D eigenvalue weighted by molar-refractivity contribution is -0.671. The molecule has 152 valence electrons. The highest BCUT2D eigenvalue weighted by Crippen LogP contribution is 2.07. The summed E-state index contributed by atoms with van der Waals surface area (Å²) in [4.78, 5) is 0. The second kappa shape index (κ2) is 12.4. The standard InChI is InChI=1S/2C6H11N2.2BF4/c2*1-3-8-5-4-7(2)6-8;2*2-1(3,4)5/h2*4-6H,3H2,1-2H3;;/q2*+1;2*-1. The molecule has 0 saturated carbocycles. The number of aryl methyl sites for hydroxylation is 4. The summed E-state index contributed by atoms with van der Waals surface area (Å²) in [5.41, 5.74) is 0. The third-order valence-corrected chi connectivity index (χ3v) is 2.38. The van der Waals surface area contributed by atoms with Gasteiger partial charge in [0.1, 0.15) is 24.8 Å². The van der Waals surface area contributed by atoms with E-state index in [1.165, 1.54) is 0 Å². The predicted molar refractivity (Wildman–Crippen MR) is 82.9 cm³/mol. The average Bonchev–Trinajstić information content (AvgIpc) is 3.04. The Morgan fingerprint density at radius 3 is 0.962 bits per heavy atom. The molecule has 0 amide bonds. The summed E-state index contributed by atoms with van der Waals surface area (Å²) in [6.07, 6.45) is 12.3. The van der Waals surface area contributed by atoms with E-state index in [-0.39, 0.29) is 0 Å². The molecule has 2 rings (SSSR count). The van der Waals surface area contributed by atoms with Gasteiger partial charge in [-0.2, -0.15) is 0 Å². The number of aromatic nitrogens is 4. The minimum absolute atomic E-state index is 1.06. The molecule has 0 aliphatic heterocycles. The van der Waals surface area contributed by atoms with E-state index in [4.69, 9.17) is 0 Å². The van der Waals surface area contributed by atoms with E-state index in [2.05, 4.69) is 48.0 Å². The lowest BCUT2D eigenvalue weighted by Crippen LogP contribution is -2.23. The van der Waals surface area contributed by atoms with Crippen LogP contribution in [0.3, 0.4) is 0 Å². The van der Waals surface area contributed by atoms with E-state index in [1.807, 2.05) is 35.6 Å². The summed E-state index contributed by atoms with van der Waals surface area (Å²) in [7, 11) is -7.96. The maximum atomic E-state index is 9.75. The Morgan fingerprint density at radius 1 is 0.654 bits per heavy atom. The van der Waals surface area contributed by atoms with Gasteiger partial charge in [-0.15, -0.1) is 0 Å². The van der Waals surface area contributed by atoms with E-state index in [0.29, 0.717) is 0 Å². The molecule has 0 fully saturated rings. The number of rotatable bonds is 2. The van der Waals surface area contributed by atoms with Crippen molar-refractivity contribution in [1.82, 2.24) is 9.13 Å². The molecular formula is C12H22B2F8N4. The van der Waals surface area contributed by atoms with Gasteiger partial charge in [-0.1, -0.05) is 0 Å². The van der Waals surface area contributed by atoms with Gasteiger partial charge in [0, 0.05) is 0 Å². The van der Waals surface area contributed by atoms with Crippen molar-refractivity contribution in [2.45, 2.75) is 26.9 Å². The predicted octanol–water partition coefficient (Wildman–Crippen LogP) is 3.27. The number of hydrogen-bond acceptors (Lipinski definition) is 0. The molecule has 0 bridgehead atoms. The van der Waals surface area contributed by atoms with Crippen molar-refractivity contribution in [3.05, 3.63) is 37.4 Å². The van der Waals surface area contributed by atoms with E-state index in [0.717, 1.165) is 13.1 Å². The zero-order valence-electron chi connectivity index (χ0n) is 14.8.